The van der Waals surface area contributed by atoms with Gasteiger partial charge in [-0.15, -0.1) is 0 Å². The van der Waals surface area contributed by atoms with Gasteiger partial charge in [-0.1, -0.05) is 0 Å². The van der Waals surface area contributed by atoms with Crippen molar-refractivity contribution in [3.8, 4) is 0 Å². The largest absolute Gasteiger partial charge is 0.480 e. The van der Waals surface area contributed by atoms with E-state index < -0.39 is 11.9 Å². The van der Waals surface area contributed by atoms with Crippen LogP contribution in [0.3, 0.4) is 0 Å². The molecule has 0 aromatic carbocycles. The Morgan fingerprint density at radius 3 is 1.56 bits per heavy atom. The minimum absolute atomic E-state index is 0.0203. The number of carboxylic acid groups (broad SMARTS) is 2. The quantitative estimate of drug-likeness (QED) is 0.681. The Bertz CT molecular complexity index is 254. The summed E-state index contributed by atoms with van der Waals surface area (Å²) in [5.74, 6) is -1.68. The monoisotopic (exact) mass is 230 g/mol. The van der Waals surface area contributed by atoms with Gasteiger partial charge in [-0.05, 0) is 13.8 Å². The number of aliphatic carboxylic acids is 2. The van der Waals surface area contributed by atoms with Gasteiger partial charge in [-0.2, -0.15) is 0 Å². The maximum absolute atomic E-state index is 10.6. The summed E-state index contributed by atoms with van der Waals surface area (Å²) in [6.07, 6.45) is 0. The van der Waals surface area contributed by atoms with E-state index in [-0.39, 0.29) is 25.2 Å². The van der Waals surface area contributed by atoms with Gasteiger partial charge < -0.3 is 10.2 Å². The molecule has 92 valence electrons. The first-order chi connectivity index (χ1) is 7.40. The van der Waals surface area contributed by atoms with E-state index in [1.807, 2.05) is 23.6 Å². The van der Waals surface area contributed by atoms with E-state index in [9.17, 15) is 9.59 Å². The van der Waals surface area contributed by atoms with E-state index in [0.29, 0.717) is 13.1 Å². The molecule has 16 heavy (non-hydrogen) atoms. The van der Waals surface area contributed by atoms with Gasteiger partial charge in [0.25, 0.3) is 0 Å². The zero-order chi connectivity index (χ0) is 12.3. The first-order valence-corrected chi connectivity index (χ1v) is 5.32. The van der Waals surface area contributed by atoms with Crippen LogP contribution in [0, 0.1) is 0 Å². The smallest absolute Gasteiger partial charge is 0.317 e. The van der Waals surface area contributed by atoms with Crippen LogP contribution in [-0.4, -0.2) is 70.2 Å². The minimum atomic E-state index is -0.842. The van der Waals surface area contributed by atoms with Gasteiger partial charge >= 0.3 is 11.9 Å². The fourth-order valence-electron chi connectivity index (χ4n) is 2.06. The van der Waals surface area contributed by atoms with Crippen molar-refractivity contribution in [3.05, 3.63) is 0 Å². The van der Waals surface area contributed by atoms with Crippen LogP contribution in [0.4, 0.5) is 0 Å². The van der Waals surface area contributed by atoms with Crippen LogP contribution in [0.2, 0.25) is 0 Å². The molecule has 1 heterocycles. The third-order valence-corrected chi connectivity index (χ3v) is 2.92. The highest BCUT2D eigenvalue weighted by Crippen LogP contribution is 2.14. The van der Waals surface area contributed by atoms with Crippen LogP contribution >= 0.6 is 0 Å². The summed E-state index contributed by atoms with van der Waals surface area (Å²) in [6, 6.07) is 0.151. The number of carbonyl (C=O) groups is 2. The van der Waals surface area contributed by atoms with E-state index in [2.05, 4.69) is 0 Å². The Morgan fingerprint density at radius 1 is 1.00 bits per heavy atom. The van der Waals surface area contributed by atoms with Crippen LogP contribution in [-0.2, 0) is 9.59 Å². The lowest BCUT2D eigenvalue weighted by atomic mass is 10.1. The van der Waals surface area contributed by atoms with Crippen molar-refractivity contribution in [3.63, 3.8) is 0 Å². The highest BCUT2D eigenvalue weighted by Gasteiger charge is 2.30. The first-order valence-electron chi connectivity index (χ1n) is 5.32. The number of carboxylic acids is 2. The summed E-state index contributed by atoms with van der Waals surface area (Å²) in [7, 11) is 0. The fraction of sp³-hybridized carbons (Fsp3) is 0.800. The molecule has 0 radical (unpaired) electrons. The number of piperazine rings is 1. The summed E-state index contributed by atoms with van der Waals surface area (Å²) in [4.78, 5) is 25.0. The van der Waals surface area contributed by atoms with Crippen molar-refractivity contribution >= 4 is 11.9 Å². The summed E-state index contributed by atoms with van der Waals surface area (Å²) in [5, 5.41) is 17.5. The average Bonchev–Trinajstić information content (AvgIpc) is 2.11. The predicted molar refractivity (Wildman–Crippen MR) is 57.3 cm³/mol. The zero-order valence-corrected chi connectivity index (χ0v) is 9.59. The lowest BCUT2D eigenvalue weighted by Crippen LogP contribution is -2.58. The lowest BCUT2D eigenvalue weighted by molar-refractivity contribution is -0.143. The molecule has 6 heteroatoms. The van der Waals surface area contributed by atoms with Crippen molar-refractivity contribution < 1.29 is 19.8 Å². The van der Waals surface area contributed by atoms with Gasteiger partial charge in [0.15, 0.2) is 0 Å². The van der Waals surface area contributed by atoms with Crippen molar-refractivity contribution in [2.75, 3.05) is 26.2 Å². The second kappa shape index (κ2) is 5.27. The molecule has 0 amide bonds. The molecule has 0 saturated carbocycles. The Morgan fingerprint density at radius 2 is 1.31 bits per heavy atom. The lowest BCUT2D eigenvalue weighted by Gasteiger charge is -2.42. The summed E-state index contributed by atoms with van der Waals surface area (Å²) >= 11 is 0. The molecule has 1 aliphatic heterocycles. The highest BCUT2D eigenvalue weighted by atomic mass is 16.4. The van der Waals surface area contributed by atoms with Gasteiger partial charge in [-0.25, -0.2) is 0 Å². The third kappa shape index (κ3) is 3.46. The molecule has 2 atom stereocenters. The summed E-state index contributed by atoms with van der Waals surface area (Å²) in [5.41, 5.74) is 0. The Labute approximate surface area is 94.4 Å². The molecular weight excluding hydrogens is 212 g/mol. The van der Waals surface area contributed by atoms with Crippen LogP contribution in [0.1, 0.15) is 13.8 Å². The maximum Gasteiger partial charge on any atom is 0.317 e. The molecule has 0 spiro atoms. The van der Waals surface area contributed by atoms with Crippen molar-refractivity contribution in [2.45, 2.75) is 25.9 Å². The topological polar surface area (TPSA) is 81.1 Å². The van der Waals surface area contributed by atoms with Crippen molar-refractivity contribution in [2.24, 2.45) is 0 Å². The first kappa shape index (κ1) is 12.9. The second-order valence-electron chi connectivity index (χ2n) is 4.34. The maximum atomic E-state index is 10.6. The molecule has 0 aliphatic carbocycles. The van der Waals surface area contributed by atoms with E-state index in [0.717, 1.165) is 0 Å². The van der Waals surface area contributed by atoms with Crippen LogP contribution in [0.25, 0.3) is 0 Å². The number of nitrogens with zero attached hydrogens (tertiary/aromatic N) is 2. The molecule has 2 N–H and O–H groups in total. The van der Waals surface area contributed by atoms with Crippen molar-refractivity contribution in [1.82, 2.24) is 9.80 Å². The number of hydrogen-bond acceptors (Lipinski definition) is 4. The molecule has 1 fully saturated rings. The fourth-order valence-corrected chi connectivity index (χ4v) is 2.06. The zero-order valence-electron chi connectivity index (χ0n) is 9.59. The number of rotatable bonds is 4. The van der Waals surface area contributed by atoms with Gasteiger partial charge in [0.2, 0.25) is 0 Å². The average molecular weight is 230 g/mol. The molecule has 1 rings (SSSR count). The van der Waals surface area contributed by atoms with E-state index in [1.165, 1.54) is 0 Å². The third-order valence-electron chi connectivity index (χ3n) is 2.92. The number of hydrogen-bond donors (Lipinski definition) is 2. The van der Waals surface area contributed by atoms with Gasteiger partial charge in [0.05, 0.1) is 13.1 Å². The SMILES string of the molecule is C[C@H]1CN(CC(=O)O)[C@@H](C)CN1CC(=O)O. The van der Waals surface area contributed by atoms with E-state index in [1.54, 1.807) is 0 Å². The van der Waals surface area contributed by atoms with Crippen LogP contribution in [0.5, 0.6) is 0 Å². The van der Waals surface area contributed by atoms with E-state index >= 15 is 0 Å². The molecule has 6 nitrogen and oxygen atoms in total. The van der Waals surface area contributed by atoms with Gasteiger partial charge in [-0.3, -0.25) is 19.4 Å². The molecule has 0 bridgehead atoms. The molecule has 0 unspecified atom stereocenters. The van der Waals surface area contributed by atoms with Gasteiger partial charge in [0.1, 0.15) is 0 Å². The standard InChI is InChI=1S/C10H18N2O4/c1-7-3-12(6-10(15)16)8(2)4-11(7)5-9(13)14/h7-8H,3-6H2,1-2H3,(H,13,14)(H,15,16)/t7-,8-/m0/s1. The molecule has 1 saturated heterocycles. The van der Waals surface area contributed by atoms with Crippen molar-refractivity contribution in [1.29, 1.82) is 0 Å². The highest BCUT2D eigenvalue weighted by molar-refractivity contribution is 5.69. The Hall–Kier alpha value is -1.14. The molecule has 1 aliphatic rings. The van der Waals surface area contributed by atoms with Crippen LogP contribution < -0.4 is 0 Å². The van der Waals surface area contributed by atoms with Gasteiger partial charge in [0, 0.05) is 25.2 Å². The van der Waals surface area contributed by atoms with Crippen LogP contribution in [0.15, 0.2) is 0 Å². The predicted octanol–water partition coefficient (Wildman–Crippen LogP) is -0.450. The summed E-state index contributed by atoms with van der Waals surface area (Å²) in [6.45, 7) is 5.08. The molecule has 0 aromatic rings. The Balaban J connectivity index is 2.55. The molecular formula is C10H18N2O4. The second-order valence-corrected chi connectivity index (χ2v) is 4.34. The normalized spacial score (nSPS) is 27.9. The Kier molecular flexibility index (Phi) is 4.26. The minimum Gasteiger partial charge on any atom is -0.480 e. The molecule has 0 aromatic heterocycles. The summed E-state index contributed by atoms with van der Waals surface area (Å²) < 4.78 is 0. The van der Waals surface area contributed by atoms with E-state index in [4.69, 9.17) is 10.2 Å².